The summed E-state index contributed by atoms with van der Waals surface area (Å²) in [6.45, 7) is 2.20. The highest BCUT2D eigenvalue weighted by Gasteiger charge is 2.35. The van der Waals surface area contributed by atoms with E-state index in [-0.39, 0.29) is 18.2 Å². The maximum atomic E-state index is 13.4. The van der Waals surface area contributed by atoms with Crippen molar-refractivity contribution in [2.75, 3.05) is 6.61 Å². The maximum absolute atomic E-state index is 13.4. The summed E-state index contributed by atoms with van der Waals surface area (Å²) in [6.07, 6.45) is 1.32. The van der Waals surface area contributed by atoms with Gasteiger partial charge in [-0.05, 0) is 60.8 Å². The molecule has 2 aromatic carbocycles. The number of carboxylic acids is 1. The Morgan fingerprint density at radius 3 is 2.37 bits per heavy atom. The summed E-state index contributed by atoms with van der Waals surface area (Å²) >= 11 is 0. The number of carbonyl (C=O) groups is 1. The van der Waals surface area contributed by atoms with Crippen LogP contribution in [-0.4, -0.2) is 34.7 Å². The molecule has 27 heavy (non-hydrogen) atoms. The fourth-order valence-corrected chi connectivity index (χ4v) is 3.41. The number of hydrogen-bond donors (Lipinski definition) is 3. The Labute approximate surface area is 159 Å². The van der Waals surface area contributed by atoms with Crippen LogP contribution < -0.4 is 0 Å². The predicted molar refractivity (Wildman–Crippen MR) is 105 cm³/mol. The molecule has 4 nitrogen and oxygen atoms in total. The van der Waals surface area contributed by atoms with Gasteiger partial charge in [-0.1, -0.05) is 43.2 Å². The van der Waals surface area contributed by atoms with Crippen molar-refractivity contribution in [3.8, 4) is 11.1 Å². The molecule has 0 spiro atoms. The lowest BCUT2D eigenvalue weighted by Gasteiger charge is -2.28. The van der Waals surface area contributed by atoms with Gasteiger partial charge in [0.2, 0.25) is 0 Å². The van der Waals surface area contributed by atoms with Gasteiger partial charge in [-0.25, -0.2) is 4.39 Å². The number of benzene rings is 2. The molecule has 2 aromatic rings. The molecule has 0 saturated carbocycles. The van der Waals surface area contributed by atoms with Gasteiger partial charge in [0.25, 0.3) is 6.92 Å². The Morgan fingerprint density at radius 2 is 1.85 bits per heavy atom. The van der Waals surface area contributed by atoms with Gasteiger partial charge >= 0.3 is 5.97 Å². The van der Waals surface area contributed by atoms with Crippen molar-refractivity contribution in [1.82, 2.24) is 0 Å². The summed E-state index contributed by atoms with van der Waals surface area (Å²) in [6, 6.07) is 14.1. The van der Waals surface area contributed by atoms with Gasteiger partial charge in [-0.2, -0.15) is 0 Å². The van der Waals surface area contributed by atoms with Crippen LogP contribution in [0.25, 0.3) is 11.1 Å². The molecule has 0 aliphatic carbocycles. The smallest absolute Gasteiger partial charge is 0.311 e. The third kappa shape index (κ3) is 5.91. The molecule has 0 saturated heterocycles. The molecule has 144 valence electrons. The fourth-order valence-electron chi connectivity index (χ4n) is 3.41. The van der Waals surface area contributed by atoms with Crippen molar-refractivity contribution in [1.29, 1.82) is 0 Å². The van der Waals surface area contributed by atoms with E-state index >= 15 is 0 Å². The number of hydrogen-bond acceptors (Lipinski definition) is 3. The van der Waals surface area contributed by atoms with E-state index in [2.05, 4.69) is 0 Å². The second-order valence-corrected chi connectivity index (χ2v) is 7.59. The highest BCUT2D eigenvalue weighted by molar-refractivity contribution is 6.48. The van der Waals surface area contributed by atoms with Crippen LogP contribution in [0.5, 0.6) is 0 Å². The van der Waals surface area contributed by atoms with Crippen LogP contribution >= 0.6 is 0 Å². The minimum absolute atomic E-state index is 0.0849. The minimum atomic E-state index is -1.24. The highest BCUT2D eigenvalue weighted by Crippen LogP contribution is 2.31. The van der Waals surface area contributed by atoms with Crippen LogP contribution in [0.4, 0.5) is 4.39 Å². The molecule has 2 atom stereocenters. The second kappa shape index (κ2) is 9.15. The second-order valence-electron chi connectivity index (χ2n) is 7.59. The molecule has 3 N–H and O–H groups in total. The van der Waals surface area contributed by atoms with E-state index in [0.29, 0.717) is 12.7 Å². The monoisotopic (exact) mass is 372 g/mol. The molecular weight excluding hydrogens is 346 g/mol. The van der Waals surface area contributed by atoms with E-state index in [4.69, 9.17) is 0 Å². The van der Waals surface area contributed by atoms with Crippen LogP contribution in [0.15, 0.2) is 48.5 Å². The standard InChI is InChI=1S/C21H26BFO4/c1-21(14-24,20(25)26)12-16(13-22(2)27)10-15-6-8-17(9-7-15)18-4-3-5-19(23)11-18/h3-9,11,16,24,27H,10,12-14H2,1-2H3,(H,25,26)/t16-,21+/m1/s1. The van der Waals surface area contributed by atoms with E-state index in [1.165, 1.54) is 19.1 Å². The Bertz CT molecular complexity index is 763. The van der Waals surface area contributed by atoms with Crippen LogP contribution in [0, 0.1) is 17.2 Å². The van der Waals surface area contributed by atoms with Gasteiger partial charge in [0.05, 0.1) is 12.0 Å². The van der Waals surface area contributed by atoms with Crippen molar-refractivity contribution in [2.45, 2.75) is 32.9 Å². The molecule has 0 radical (unpaired) electrons. The van der Waals surface area contributed by atoms with Gasteiger partial charge in [-0.3, -0.25) is 4.79 Å². The quantitative estimate of drug-likeness (QED) is 0.586. The molecule has 6 heteroatoms. The minimum Gasteiger partial charge on any atom is -0.481 e. The number of carboxylic acid groups (broad SMARTS) is 1. The Balaban J connectivity index is 2.16. The molecule has 2 rings (SSSR count). The van der Waals surface area contributed by atoms with E-state index in [9.17, 15) is 24.4 Å². The SMILES string of the molecule is CB(O)C[C@H](Cc1ccc(-c2cccc(F)c2)cc1)C[C@@](C)(CO)C(=O)O. The number of aliphatic hydroxyl groups excluding tert-OH is 1. The number of rotatable bonds is 9. The predicted octanol–water partition coefficient (Wildman–Crippen LogP) is 3.74. The highest BCUT2D eigenvalue weighted by atomic mass is 19.1. The molecule has 0 unspecified atom stereocenters. The molecule has 0 fully saturated rings. The zero-order chi connectivity index (χ0) is 20.0. The summed E-state index contributed by atoms with van der Waals surface area (Å²) in [5.41, 5.74) is 1.46. The first-order chi connectivity index (χ1) is 12.7. The Hall–Kier alpha value is -2.18. The van der Waals surface area contributed by atoms with Crippen LogP contribution in [-0.2, 0) is 11.2 Å². The topological polar surface area (TPSA) is 77.8 Å². The lowest BCUT2D eigenvalue weighted by Crippen LogP contribution is -2.35. The summed E-state index contributed by atoms with van der Waals surface area (Å²) in [5.74, 6) is -1.41. The summed E-state index contributed by atoms with van der Waals surface area (Å²) in [4.78, 5) is 11.5. The van der Waals surface area contributed by atoms with Crippen molar-refractivity contribution in [2.24, 2.45) is 11.3 Å². The summed E-state index contributed by atoms with van der Waals surface area (Å²) in [7, 11) is 0. The summed E-state index contributed by atoms with van der Waals surface area (Å²) < 4.78 is 13.4. The molecule has 0 heterocycles. The molecular formula is C21H26BFO4. The average molecular weight is 372 g/mol. The number of halogens is 1. The van der Waals surface area contributed by atoms with Gasteiger partial charge in [0.1, 0.15) is 5.82 Å². The third-order valence-corrected chi connectivity index (χ3v) is 4.92. The van der Waals surface area contributed by atoms with Gasteiger partial charge in [0, 0.05) is 0 Å². The van der Waals surface area contributed by atoms with E-state index < -0.39 is 24.9 Å². The molecule has 0 bridgehead atoms. The van der Waals surface area contributed by atoms with Crippen molar-refractivity contribution >= 4 is 12.9 Å². The summed E-state index contributed by atoms with van der Waals surface area (Å²) in [5, 5.41) is 28.7. The normalized spacial score (nSPS) is 14.4. The number of aliphatic hydroxyl groups is 1. The van der Waals surface area contributed by atoms with Crippen molar-refractivity contribution in [3.05, 3.63) is 59.9 Å². The first-order valence-electron chi connectivity index (χ1n) is 9.10. The van der Waals surface area contributed by atoms with E-state index in [1.54, 1.807) is 12.9 Å². The van der Waals surface area contributed by atoms with Gasteiger partial charge in [-0.15, -0.1) is 0 Å². The van der Waals surface area contributed by atoms with Gasteiger partial charge in [0.15, 0.2) is 0 Å². The lowest BCUT2D eigenvalue weighted by atomic mass is 9.60. The largest absolute Gasteiger partial charge is 0.481 e. The first kappa shape index (κ1) is 21.1. The van der Waals surface area contributed by atoms with Crippen molar-refractivity contribution in [3.63, 3.8) is 0 Å². The third-order valence-electron chi connectivity index (χ3n) is 4.92. The van der Waals surface area contributed by atoms with Crippen LogP contribution in [0.1, 0.15) is 18.9 Å². The Kier molecular flexibility index (Phi) is 7.16. The molecule has 0 aromatic heterocycles. The van der Waals surface area contributed by atoms with Crippen molar-refractivity contribution < 1.29 is 24.4 Å². The van der Waals surface area contributed by atoms with E-state index in [0.717, 1.165) is 16.7 Å². The van der Waals surface area contributed by atoms with Gasteiger partial charge < -0.3 is 15.2 Å². The maximum Gasteiger partial charge on any atom is 0.311 e. The lowest BCUT2D eigenvalue weighted by molar-refractivity contribution is -0.151. The number of aliphatic carboxylic acids is 1. The Morgan fingerprint density at radius 1 is 1.19 bits per heavy atom. The molecule has 0 aliphatic rings. The van der Waals surface area contributed by atoms with Crippen LogP contribution in [0.3, 0.4) is 0 Å². The van der Waals surface area contributed by atoms with Crippen LogP contribution in [0.2, 0.25) is 13.1 Å². The molecule has 0 amide bonds. The zero-order valence-corrected chi connectivity index (χ0v) is 15.7. The average Bonchev–Trinajstić information content (AvgIpc) is 2.61. The molecule has 0 aliphatic heterocycles. The zero-order valence-electron chi connectivity index (χ0n) is 15.7. The van der Waals surface area contributed by atoms with E-state index in [1.807, 2.05) is 30.3 Å². The first-order valence-corrected chi connectivity index (χ1v) is 9.10. The fraction of sp³-hybridized carbons (Fsp3) is 0.381.